The summed E-state index contributed by atoms with van der Waals surface area (Å²) >= 11 is 0. The summed E-state index contributed by atoms with van der Waals surface area (Å²) in [6.07, 6.45) is -1.62. The van der Waals surface area contributed by atoms with Crippen LogP contribution in [0.25, 0.3) is 0 Å². The van der Waals surface area contributed by atoms with Gasteiger partial charge in [-0.1, -0.05) is 12.1 Å². The maximum Gasteiger partial charge on any atom is 0.573 e. The van der Waals surface area contributed by atoms with Crippen LogP contribution in [-0.4, -0.2) is 82.7 Å². The molecule has 2 fully saturated rings. The van der Waals surface area contributed by atoms with Crippen LogP contribution in [0.1, 0.15) is 16.1 Å². The highest BCUT2D eigenvalue weighted by atomic mass is 19.4. The maximum absolute atomic E-state index is 13.2. The number of halogens is 3. The Morgan fingerprint density at radius 3 is 2.50 bits per heavy atom. The highest BCUT2D eigenvalue weighted by molar-refractivity contribution is 5.92. The lowest BCUT2D eigenvalue weighted by molar-refractivity contribution is -0.274. The Labute approximate surface area is 195 Å². The third kappa shape index (κ3) is 5.69. The Kier molecular flexibility index (Phi) is 6.57. The fraction of sp³-hybridized carbons (Fsp3) is 0.522. The Bertz CT molecular complexity index is 1040. The first-order valence-electron chi connectivity index (χ1n) is 11.0. The second-order valence-electron chi connectivity index (χ2n) is 9.28. The Balaban J connectivity index is 1.44. The molecule has 11 heteroatoms. The molecule has 1 aliphatic heterocycles. The predicted molar refractivity (Wildman–Crippen MR) is 117 cm³/mol. The standard InChI is InChI=1S/C23H28F3N5O3/c1-28(2)21(32)13-30-9-17-18(10-30)19(17)11-31(22(33)20-12-29(3)14-27-20)8-15-5-4-6-16(7-15)34-23(24,25)26/h4-7,12,14,17-19H,8-11,13H2,1-3H3. The number of rotatable bonds is 8. The number of hydrogen-bond donors (Lipinski definition) is 0. The molecular weight excluding hydrogens is 451 g/mol. The van der Waals surface area contributed by atoms with Crippen LogP contribution in [0.3, 0.4) is 0 Å². The van der Waals surface area contributed by atoms with Gasteiger partial charge in [0.05, 0.1) is 12.9 Å². The van der Waals surface area contributed by atoms with Gasteiger partial charge in [0.15, 0.2) is 0 Å². The van der Waals surface area contributed by atoms with E-state index in [1.165, 1.54) is 24.5 Å². The summed E-state index contributed by atoms with van der Waals surface area (Å²) in [5.41, 5.74) is 0.823. The molecule has 0 bridgehead atoms. The number of likely N-dealkylation sites (N-methyl/N-ethyl adjacent to an activating group) is 1. The number of fused-ring (bicyclic) bond motifs is 1. The number of piperidine rings is 1. The van der Waals surface area contributed by atoms with Gasteiger partial charge in [-0.3, -0.25) is 14.5 Å². The average molecular weight is 480 g/mol. The quantitative estimate of drug-likeness (QED) is 0.581. The fourth-order valence-corrected chi connectivity index (χ4v) is 4.69. The Morgan fingerprint density at radius 1 is 1.21 bits per heavy atom. The molecule has 2 unspecified atom stereocenters. The van der Waals surface area contributed by atoms with Gasteiger partial charge in [-0.05, 0) is 35.4 Å². The topological polar surface area (TPSA) is 70.9 Å². The number of hydrogen-bond acceptors (Lipinski definition) is 5. The molecule has 1 aliphatic carbocycles. The SMILES string of the molecule is CN(C)C(=O)CN1CC2C(C1)C2CN(Cc1cccc(OC(F)(F)F)c1)C(=O)c1cn(C)cn1. The van der Waals surface area contributed by atoms with Crippen molar-refractivity contribution in [2.45, 2.75) is 12.9 Å². The molecule has 2 atom stereocenters. The number of imidazole rings is 1. The van der Waals surface area contributed by atoms with Gasteiger partial charge in [0.25, 0.3) is 5.91 Å². The minimum absolute atomic E-state index is 0.0609. The van der Waals surface area contributed by atoms with Gasteiger partial charge in [-0.15, -0.1) is 13.2 Å². The van der Waals surface area contributed by atoms with Gasteiger partial charge in [0.2, 0.25) is 5.91 Å². The summed E-state index contributed by atoms with van der Waals surface area (Å²) in [5.74, 6) is 0.550. The monoisotopic (exact) mass is 479 g/mol. The molecule has 2 amide bonds. The van der Waals surface area contributed by atoms with Crippen LogP contribution in [0, 0.1) is 17.8 Å². The van der Waals surface area contributed by atoms with Crippen molar-refractivity contribution in [3.63, 3.8) is 0 Å². The van der Waals surface area contributed by atoms with E-state index < -0.39 is 6.36 Å². The number of aryl methyl sites for hydroxylation is 1. The first-order chi connectivity index (χ1) is 16.0. The summed E-state index contributed by atoms with van der Waals surface area (Å²) in [6.45, 7) is 2.61. The normalized spacial score (nSPS) is 21.8. The summed E-state index contributed by atoms with van der Waals surface area (Å²) < 4.78 is 43.6. The number of nitrogens with zero attached hydrogens (tertiary/aromatic N) is 5. The zero-order valence-electron chi connectivity index (χ0n) is 19.3. The number of alkyl halides is 3. The fourth-order valence-electron chi connectivity index (χ4n) is 4.69. The van der Waals surface area contributed by atoms with Gasteiger partial charge in [0, 0.05) is 53.5 Å². The van der Waals surface area contributed by atoms with Crippen LogP contribution < -0.4 is 4.74 Å². The van der Waals surface area contributed by atoms with Crippen molar-refractivity contribution in [3.05, 3.63) is 48.0 Å². The molecule has 1 saturated carbocycles. The van der Waals surface area contributed by atoms with E-state index in [4.69, 9.17) is 0 Å². The minimum atomic E-state index is -4.78. The van der Waals surface area contributed by atoms with Crippen LogP contribution in [-0.2, 0) is 18.4 Å². The molecule has 1 aromatic heterocycles. The van der Waals surface area contributed by atoms with Crippen molar-refractivity contribution in [1.29, 1.82) is 0 Å². The van der Waals surface area contributed by atoms with Crippen LogP contribution >= 0.6 is 0 Å². The van der Waals surface area contributed by atoms with E-state index in [-0.39, 0.29) is 35.7 Å². The first kappa shape index (κ1) is 24.1. The number of likely N-dealkylation sites (tertiary alicyclic amines) is 1. The molecule has 34 heavy (non-hydrogen) atoms. The van der Waals surface area contributed by atoms with Gasteiger partial charge in [-0.2, -0.15) is 0 Å². The Morgan fingerprint density at radius 2 is 1.91 bits per heavy atom. The van der Waals surface area contributed by atoms with Crippen LogP contribution in [0.15, 0.2) is 36.8 Å². The highest BCUT2D eigenvalue weighted by Gasteiger charge is 2.56. The lowest BCUT2D eigenvalue weighted by Gasteiger charge is -2.25. The second kappa shape index (κ2) is 9.28. The summed E-state index contributed by atoms with van der Waals surface area (Å²) in [7, 11) is 5.23. The molecule has 2 aliphatic rings. The van der Waals surface area contributed by atoms with Crippen molar-refractivity contribution in [3.8, 4) is 5.75 Å². The van der Waals surface area contributed by atoms with Crippen LogP contribution in [0.4, 0.5) is 13.2 Å². The smallest absolute Gasteiger partial charge is 0.406 e. The molecule has 2 aromatic rings. The minimum Gasteiger partial charge on any atom is -0.406 e. The Hall–Kier alpha value is -3.08. The molecule has 0 radical (unpaired) electrons. The predicted octanol–water partition coefficient (Wildman–Crippen LogP) is 2.23. The number of ether oxygens (including phenoxy) is 1. The first-order valence-corrected chi connectivity index (χ1v) is 11.0. The summed E-state index contributed by atoms with van der Waals surface area (Å²) in [4.78, 5) is 34.7. The van der Waals surface area contributed by atoms with Gasteiger partial charge in [-0.25, -0.2) is 4.98 Å². The maximum atomic E-state index is 13.2. The van der Waals surface area contributed by atoms with E-state index >= 15 is 0 Å². The van der Waals surface area contributed by atoms with Crippen molar-refractivity contribution in [1.82, 2.24) is 24.3 Å². The number of carbonyl (C=O) groups excluding carboxylic acids is 2. The molecule has 0 spiro atoms. The molecule has 0 N–H and O–H groups in total. The van der Waals surface area contributed by atoms with Crippen molar-refractivity contribution in [2.24, 2.45) is 24.8 Å². The van der Waals surface area contributed by atoms with Crippen molar-refractivity contribution >= 4 is 11.8 Å². The van der Waals surface area contributed by atoms with Crippen LogP contribution in [0.5, 0.6) is 5.75 Å². The second-order valence-corrected chi connectivity index (χ2v) is 9.28. The third-order valence-corrected chi connectivity index (χ3v) is 6.45. The number of amides is 2. The lowest BCUT2D eigenvalue weighted by Crippen LogP contribution is -2.38. The van der Waals surface area contributed by atoms with E-state index in [0.29, 0.717) is 30.5 Å². The molecule has 2 heterocycles. The van der Waals surface area contributed by atoms with Gasteiger partial charge >= 0.3 is 6.36 Å². The highest BCUT2D eigenvalue weighted by Crippen LogP contribution is 2.52. The van der Waals surface area contributed by atoms with E-state index in [1.807, 2.05) is 0 Å². The third-order valence-electron chi connectivity index (χ3n) is 6.45. The largest absolute Gasteiger partial charge is 0.573 e. The van der Waals surface area contributed by atoms with Crippen molar-refractivity contribution < 1.29 is 27.5 Å². The summed E-state index contributed by atoms with van der Waals surface area (Å²) in [5, 5.41) is 0. The molecule has 8 nitrogen and oxygen atoms in total. The molecular formula is C23H28F3N5O3. The van der Waals surface area contributed by atoms with E-state index in [0.717, 1.165) is 13.1 Å². The van der Waals surface area contributed by atoms with E-state index in [1.54, 1.807) is 47.8 Å². The van der Waals surface area contributed by atoms with E-state index in [2.05, 4.69) is 14.6 Å². The van der Waals surface area contributed by atoms with Gasteiger partial charge < -0.3 is 19.1 Å². The number of aromatic nitrogens is 2. The van der Waals surface area contributed by atoms with E-state index in [9.17, 15) is 22.8 Å². The average Bonchev–Trinajstić information content (AvgIpc) is 3.07. The number of carbonyl (C=O) groups is 2. The summed E-state index contributed by atoms with van der Waals surface area (Å²) in [6, 6.07) is 5.68. The molecule has 1 aromatic carbocycles. The van der Waals surface area contributed by atoms with Crippen molar-refractivity contribution in [2.75, 3.05) is 40.3 Å². The zero-order chi connectivity index (χ0) is 24.6. The zero-order valence-corrected chi connectivity index (χ0v) is 19.3. The molecule has 1 saturated heterocycles. The van der Waals surface area contributed by atoms with Crippen LogP contribution in [0.2, 0.25) is 0 Å². The number of benzene rings is 1. The molecule has 4 rings (SSSR count). The van der Waals surface area contributed by atoms with Gasteiger partial charge in [0.1, 0.15) is 11.4 Å². The molecule has 184 valence electrons. The lowest BCUT2D eigenvalue weighted by atomic mass is 10.1.